The SMILES string of the molecule is CC[C@H](NS(=O)(=O)c1cn(C)c(C(=O)Nc2ccc(F)c(C#N)c2)c1Cl)C(F)(F)F.S. The number of hydrogen-bond acceptors (Lipinski definition) is 4. The van der Waals surface area contributed by atoms with Crippen LogP contribution in [0.1, 0.15) is 29.4 Å². The van der Waals surface area contributed by atoms with Crippen LogP contribution in [0, 0.1) is 17.1 Å². The molecule has 0 aliphatic rings. The smallest absolute Gasteiger partial charge is 0.344 e. The quantitative estimate of drug-likeness (QED) is 0.590. The van der Waals surface area contributed by atoms with Gasteiger partial charge in [-0.25, -0.2) is 12.8 Å². The van der Waals surface area contributed by atoms with Gasteiger partial charge in [-0.05, 0) is 24.6 Å². The highest BCUT2D eigenvalue weighted by atomic mass is 35.5. The number of halogens is 5. The van der Waals surface area contributed by atoms with Crippen molar-refractivity contribution in [3.8, 4) is 6.07 Å². The number of carbonyl (C=O) groups excluding carboxylic acids is 1. The van der Waals surface area contributed by atoms with Crippen LogP contribution in [-0.2, 0) is 17.1 Å². The summed E-state index contributed by atoms with van der Waals surface area (Å²) in [5, 5.41) is 10.6. The third kappa shape index (κ3) is 5.91. The first-order chi connectivity index (χ1) is 13.8. The third-order valence-corrected chi connectivity index (χ3v) is 6.02. The fourth-order valence-corrected chi connectivity index (χ4v) is 4.53. The molecule has 0 unspecified atom stereocenters. The Hall–Kier alpha value is -2.27. The van der Waals surface area contributed by atoms with Gasteiger partial charge >= 0.3 is 6.18 Å². The maximum atomic E-state index is 13.4. The number of alkyl halides is 3. The van der Waals surface area contributed by atoms with Gasteiger partial charge in [0.2, 0.25) is 10.0 Å². The van der Waals surface area contributed by atoms with E-state index in [0.717, 1.165) is 29.8 Å². The predicted octanol–water partition coefficient (Wildman–Crippen LogP) is 3.67. The summed E-state index contributed by atoms with van der Waals surface area (Å²) in [5.41, 5.74) is -0.670. The summed E-state index contributed by atoms with van der Waals surface area (Å²) in [6, 6.07) is 2.43. The number of carbonyl (C=O) groups is 1. The standard InChI is InChI=1S/C17H15ClF4N4O3S.H2S/c1-3-13(17(20,21)22)25-30(28,29)12-8-26(2)15(14(12)18)16(27)24-10-4-5-11(19)9(6-10)7-23;/h4-6,8,13,25H,3H2,1-2H3,(H,24,27);1H2/t13-;/m0./s1. The van der Waals surface area contributed by atoms with Crippen molar-refractivity contribution in [2.45, 2.75) is 30.5 Å². The Labute approximate surface area is 187 Å². The number of nitrogens with zero attached hydrogens (tertiary/aromatic N) is 2. The molecule has 0 aliphatic heterocycles. The van der Waals surface area contributed by atoms with E-state index >= 15 is 0 Å². The summed E-state index contributed by atoms with van der Waals surface area (Å²) in [6.07, 6.45) is -4.47. The zero-order valence-electron chi connectivity index (χ0n) is 16.0. The van der Waals surface area contributed by atoms with Crippen molar-refractivity contribution < 1.29 is 30.8 Å². The van der Waals surface area contributed by atoms with Crippen LogP contribution in [0.4, 0.5) is 23.2 Å². The largest absolute Gasteiger partial charge is 0.404 e. The first-order valence-corrected chi connectivity index (χ1v) is 10.1. The normalized spacial score (nSPS) is 12.6. The molecule has 1 aromatic heterocycles. The zero-order valence-corrected chi connectivity index (χ0v) is 18.6. The molecular formula is C17H17ClF4N4O3S2. The summed E-state index contributed by atoms with van der Waals surface area (Å²) in [7, 11) is -3.44. The lowest BCUT2D eigenvalue weighted by Gasteiger charge is -2.19. The molecular weight excluding hydrogens is 484 g/mol. The van der Waals surface area contributed by atoms with Gasteiger partial charge in [0.25, 0.3) is 5.91 Å². The second kappa shape index (κ2) is 9.90. The van der Waals surface area contributed by atoms with E-state index in [9.17, 15) is 30.8 Å². The average molecular weight is 501 g/mol. The van der Waals surface area contributed by atoms with Crippen LogP contribution in [0.25, 0.3) is 0 Å². The number of nitrogens with one attached hydrogen (secondary N) is 2. The Bertz CT molecular complexity index is 1130. The molecule has 0 fully saturated rings. The number of benzene rings is 1. The molecule has 1 heterocycles. The molecule has 2 N–H and O–H groups in total. The minimum atomic E-state index is -4.82. The van der Waals surface area contributed by atoms with E-state index in [-0.39, 0.29) is 30.4 Å². The average Bonchev–Trinajstić information content (AvgIpc) is 2.95. The molecule has 0 aliphatic carbocycles. The van der Waals surface area contributed by atoms with E-state index in [2.05, 4.69) is 5.32 Å². The monoisotopic (exact) mass is 500 g/mol. The topological polar surface area (TPSA) is 104 Å². The summed E-state index contributed by atoms with van der Waals surface area (Å²) < 4.78 is 79.6. The molecule has 14 heteroatoms. The minimum absolute atomic E-state index is 0. The number of rotatable bonds is 6. The maximum absolute atomic E-state index is 13.4. The Morgan fingerprint density at radius 2 is 1.97 bits per heavy atom. The third-order valence-electron chi connectivity index (χ3n) is 4.04. The van der Waals surface area contributed by atoms with Gasteiger partial charge in [-0.3, -0.25) is 4.79 Å². The number of aromatic nitrogens is 1. The van der Waals surface area contributed by atoms with Gasteiger partial charge in [-0.15, -0.1) is 0 Å². The summed E-state index contributed by atoms with van der Waals surface area (Å²) in [5.74, 6) is -1.72. The van der Waals surface area contributed by atoms with Crippen LogP contribution in [0.3, 0.4) is 0 Å². The highest BCUT2D eigenvalue weighted by molar-refractivity contribution is 7.89. The van der Waals surface area contributed by atoms with Gasteiger partial charge in [0, 0.05) is 18.9 Å². The maximum Gasteiger partial charge on any atom is 0.404 e. The Balaban J connectivity index is 0.00000480. The highest BCUT2D eigenvalue weighted by Crippen LogP contribution is 2.30. The van der Waals surface area contributed by atoms with Gasteiger partial charge in [-0.1, -0.05) is 18.5 Å². The van der Waals surface area contributed by atoms with Crippen molar-refractivity contribution in [3.05, 3.63) is 46.5 Å². The van der Waals surface area contributed by atoms with E-state index in [1.807, 2.05) is 0 Å². The van der Waals surface area contributed by atoms with Crippen LogP contribution < -0.4 is 10.0 Å². The van der Waals surface area contributed by atoms with Gasteiger partial charge in [0.15, 0.2) is 0 Å². The summed E-state index contributed by atoms with van der Waals surface area (Å²) in [6.45, 7) is 1.16. The number of amides is 1. The fraction of sp³-hybridized carbons (Fsp3) is 0.294. The first-order valence-electron chi connectivity index (χ1n) is 8.26. The molecule has 0 bridgehead atoms. The number of anilines is 1. The van der Waals surface area contributed by atoms with Gasteiger partial charge in [-0.2, -0.15) is 36.7 Å². The molecule has 31 heavy (non-hydrogen) atoms. The van der Waals surface area contributed by atoms with E-state index in [1.165, 1.54) is 17.8 Å². The van der Waals surface area contributed by atoms with Crippen molar-refractivity contribution >= 4 is 46.7 Å². The molecule has 170 valence electrons. The van der Waals surface area contributed by atoms with E-state index in [0.29, 0.717) is 0 Å². The second-order valence-electron chi connectivity index (χ2n) is 6.15. The van der Waals surface area contributed by atoms with Crippen molar-refractivity contribution in [3.63, 3.8) is 0 Å². The molecule has 1 aromatic carbocycles. The van der Waals surface area contributed by atoms with Gasteiger partial charge in [0.1, 0.15) is 28.5 Å². The van der Waals surface area contributed by atoms with Crippen LogP contribution >= 0.6 is 25.1 Å². The van der Waals surface area contributed by atoms with Gasteiger partial charge in [0.05, 0.1) is 10.6 Å². The molecule has 7 nitrogen and oxygen atoms in total. The van der Waals surface area contributed by atoms with Gasteiger partial charge < -0.3 is 9.88 Å². The van der Waals surface area contributed by atoms with Crippen molar-refractivity contribution in [2.75, 3.05) is 5.32 Å². The van der Waals surface area contributed by atoms with Crippen LogP contribution in [-0.4, -0.2) is 31.1 Å². The lowest BCUT2D eigenvalue weighted by atomic mass is 10.2. The van der Waals surface area contributed by atoms with Crippen molar-refractivity contribution in [1.29, 1.82) is 5.26 Å². The van der Waals surface area contributed by atoms with Crippen molar-refractivity contribution in [2.24, 2.45) is 7.05 Å². The number of hydrogen-bond donors (Lipinski definition) is 2. The molecule has 2 rings (SSSR count). The summed E-state index contributed by atoms with van der Waals surface area (Å²) >= 11 is 6.01. The van der Waals surface area contributed by atoms with E-state index < -0.39 is 50.3 Å². The Morgan fingerprint density at radius 3 is 2.48 bits per heavy atom. The fourth-order valence-electron chi connectivity index (χ4n) is 2.53. The highest BCUT2D eigenvalue weighted by Gasteiger charge is 2.42. The molecule has 2 aromatic rings. The second-order valence-corrected chi connectivity index (χ2v) is 8.21. The molecule has 0 spiro atoms. The number of aryl methyl sites for hydroxylation is 1. The molecule has 1 atom stereocenters. The molecule has 1 amide bonds. The lowest BCUT2D eigenvalue weighted by molar-refractivity contribution is -0.151. The van der Waals surface area contributed by atoms with Crippen LogP contribution in [0.5, 0.6) is 0 Å². The molecule has 0 radical (unpaired) electrons. The Morgan fingerprint density at radius 1 is 1.35 bits per heavy atom. The predicted molar refractivity (Wildman–Crippen MR) is 110 cm³/mol. The molecule has 0 saturated heterocycles. The first kappa shape index (κ1) is 26.8. The Kier molecular flexibility index (Phi) is 8.55. The van der Waals surface area contributed by atoms with E-state index in [4.69, 9.17) is 16.9 Å². The number of sulfonamides is 1. The zero-order chi connectivity index (χ0) is 22.9. The minimum Gasteiger partial charge on any atom is -0.344 e. The molecule has 0 saturated carbocycles. The lowest BCUT2D eigenvalue weighted by Crippen LogP contribution is -2.44. The van der Waals surface area contributed by atoms with E-state index in [1.54, 1.807) is 6.07 Å². The van der Waals surface area contributed by atoms with Crippen molar-refractivity contribution in [1.82, 2.24) is 9.29 Å². The van der Waals surface area contributed by atoms with Crippen LogP contribution in [0.15, 0.2) is 29.3 Å². The summed E-state index contributed by atoms with van der Waals surface area (Å²) in [4.78, 5) is 11.8. The number of nitriles is 1. The van der Waals surface area contributed by atoms with Crippen LogP contribution in [0.2, 0.25) is 5.02 Å².